The van der Waals surface area contributed by atoms with Gasteiger partial charge in [-0.1, -0.05) is 26.7 Å². The van der Waals surface area contributed by atoms with E-state index >= 15 is 0 Å². The molecule has 1 aromatic carbocycles. The summed E-state index contributed by atoms with van der Waals surface area (Å²) < 4.78 is 0. The van der Waals surface area contributed by atoms with Crippen LogP contribution in [0.5, 0.6) is 0 Å². The quantitative estimate of drug-likeness (QED) is 0.572. The Morgan fingerprint density at radius 3 is 2.42 bits per heavy atom. The van der Waals surface area contributed by atoms with Crippen LogP contribution in [0.1, 0.15) is 52.4 Å². The molecule has 2 N–H and O–H groups in total. The van der Waals surface area contributed by atoms with Gasteiger partial charge in [0, 0.05) is 36.7 Å². The molecular weight excluding hydrogens is 334 g/mol. The molecule has 1 aromatic rings. The Kier molecular flexibility index (Phi) is 7.12. The molecule has 2 rings (SSSR count). The Bertz CT molecular complexity index is 645. The van der Waals surface area contributed by atoms with Gasteiger partial charge in [-0.25, -0.2) is 0 Å². The van der Waals surface area contributed by atoms with Crippen molar-refractivity contribution < 1.29 is 14.5 Å². The van der Waals surface area contributed by atoms with E-state index in [1.54, 1.807) is 0 Å². The normalized spacial score (nSPS) is 22.5. The van der Waals surface area contributed by atoms with Crippen molar-refractivity contribution in [2.24, 2.45) is 11.8 Å². The summed E-state index contributed by atoms with van der Waals surface area (Å²) >= 11 is 0. The molecule has 26 heavy (non-hydrogen) atoms. The van der Waals surface area contributed by atoms with Crippen LogP contribution < -0.4 is 10.6 Å². The van der Waals surface area contributed by atoms with Crippen LogP contribution in [-0.2, 0) is 9.59 Å². The minimum atomic E-state index is -0.488. The second-order valence-corrected chi connectivity index (χ2v) is 7.15. The van der Waals surface area contributed by atoms with E-state index in [0.717, 1.165) is 12.8 Å². The molecule has 7 heteroatoms. The Hall–Kier alpha value is -2.44. The fourth-order valence-corrected chi connectivity index (χ4v) is 3.36. The van der Waals surface area contributed by atoms with Gasteiger partial charge in [0.2, 0.25) is 11.8 Å². The minimum absolute atomic E-state index is 0.000846. The molecule has 0 aliphatic heterocycles. The third-order valence-corrected chi connectivity index (χ3v) is 5.22. The van der Waals surface area contributed by atoms with Crippen LogP contribution in [0.25, 0.3) is 0 Å². The van der Waals surface area contributed by atoms with E-state index in [1.165, 1.54) is 30.7 Å². The zero-order valence-electron chi connectivity index (χ0n) is 15.4. The second-order valence-electron chi connectivity index (χ2n) is 7.15. The number of benzene rings is 1. The first-order valence-electron chi connectivity index (χ1n) is 9.20. The Morgan fingerprint density at radius 2 is 1.77 bits per heavy atom. The summed E-state index contributed by atoms with van der Waals surface area (Å²) in [5.74, 6) is 0.907. The van der Waals surface area contributed by atoms with E-state index in [0.29, 0.717) is 30.4 Å². The smallest absolute Gasteiger partial charge is 0.269 e. The molecule has 1 saturated carbocycles. The van der Waals surface area contributed by atoms with Crippen LogP contribution in [-0.4, -0.2) is 22.8 Å². The van der Waals surface area contributed by atoms with Crippen molar-refractivity contribution >= 4 is 23.2 Å². The molecule has 3 atom stereocenters. The third-order valence-electron chi connectivity index (χ3n) is 5.22. The summed E-state index contributed by atoms with van der Waals surface area (Å²) in [4.78, 5) is 34.1. The summed E-state index contributed by atoms with van der Waals surface area (Å²) in [5.41, 5.74) is 0.487. The minimum Gasteiger partial charge on any atom is -0.353 e. The molecule has 2 amide bonds. The fourth-order valence-electron chi connectivity index (χ4n) is 3.36. The highest BCUT2D eigenvalue weighted by Crippen LogP contribution is 2.29. The number of nitrogens with zero attached hydrogens (tertiary/aromatic N) is 1. The topological polar surface area (TPSA) is 101 Å². The van der Waals surface area contributed by atoms with E-state index in [-0.39, 0.29) is 30.0 Å². The lowest BCUT2D eigenvalue weighted by Crippen LogP contribution is -2.43. The first kappa shape index (κ1) is 19.9. The monoisotopic (exact) mass is 361 g/mol. The van der Waals surface area contributed by atoms with Gasteiger partial charge in [0.25, 0.3) is 5.69 Å². The number of nitrogens with one attached hydrogen (secondary N) is 2. The van der Waals surface area contributed by atoms with E-state index in [2.05, 4.69) is 24.5 Å². The lowest BCUT2D eigenvalue weighted by atomic mass is 9.78. The number of rotatable bonds is 7. The van der Waals surface area contributed by atoms with Crippen molar-refractivity contribution in [2.45, 2.75) is 58.4 Å². The molecule has 0 heterocycles. The SMILES string of the molecule is C[C@H]1[C@@H](NC(=O)CCCC(=O)Nc2ccc([N+](=O)[O-])cc2)CCC[C@@H]1C. The third kappa shape index (κ3) is 5.82. The highest BCUT2D eigenvalue weighted by Gasteiger charge is 2.27. The van der Waals surface area contributed by atoms with Gasteiger partial charge in [0.1, 0.15) is 0 Å². The van der Waals surface area contributed by atoms with Crippen molar-refractivity contribution in [3.8, 4) is 0 Å². The lowest BCUT2D eigenvalue weighted by Gasteiger charge is -2.34. The van der Waals surface area contributed by atoms with Gasteiger partial charge in [-0.05, 0) is 36.8 Å². The van der Waals surface area contributed by atoms with E-state index in [4.69, 9.17) is 0 Å². The standard InChI is InChI=1S/C19H27N3O4/c1-13-5-3-6-17(14(13)2)21-19(24)8-4-7-18(23)20-15-9-11-16(12-10-15)22(25)26/h9-14,17H,3-8H2,1-2H3,(H,20,23)(H,21,24)/t13-,14+,17-/m0/s1. The molecule has 0 bridgehead atoms. The molecule has 1 aliphatic rings. The van der Waals surface area contributed by atoms with Gasteiger partial charge in [0.05, 0.1) is 4.92 Å². The predicted octanol–water partition coefficient (Wildman–Crippen LogP) is 3.64. The van der Waals surface area contributed by atoms with Gasteiger partial charge < -0.3 is 10.6 Å². The number of hydrogen-bond donors (Lipinski definition) is 2. The maximum absolute atomic E-state index is 12.1. The van der Waals surface area contributed by atoms with Crippen molar-refractivity contribution in [1.29, 1.82) is 0 Å². The average molecular weight is 361 g/mol. The highest BCUT2D eigenvalue weighted by atomic mass is 16.6. The average Bonchev–Trinajstić information content (AvgIpc) is 2.59. The molecule has 1 fully saturated rings. The Balaban J connectivity index is 1.69. The second kappa shape index (κ2) is 9.31. The molecule has 0 saturated heterocycles. The summed E-state index contributed by atoms with van der Waals surface area (Å²) in [7, 11) is 0. The van der Waals surface area contributed by atoms with E-state index < -0.39 is 4.92 Å². The van der Waals surface area contributed by atoms with Crippen LogP contribution in [0.3, 0.4) is 0 Å². The van der Waals surface area contributed by atoms with Gasteiger partial charge in [-0.15, -0.1) is 0 Å². The van der Waals surface area contributed by atoms with Crippen molar-refractivity contribution in [3.05, 3.63) is 34.4 Å². The maximum atomic E-state index is 12.1. The van der Waals surface area contributed by atoms with Gasteiger partial charge in [-0.3, -0.25) is 19.7 Å². The first-order valence-corrected chi connectivity index (χ1v) is 9.20. The van der Waals surface area contributed by atoms with E-state index in [9.17, 15) is 19.7 Å². The van der Waals surface area contributed by atoms with Crippen molar-refractivity contribution in [2.75, 3.05) is 5.32 Å². The Morgan fingerprint density at radius 1 is 1.12 bits per heavy atom. The maximum Gasteiger partial charge on any atom is 0.269 e. The molecule has 0 unspecified atom stereocenters. The van der Waals surface area contributed by atoms with Gasteiger partial charge >= 0.3 is 0 Å². The van der Waals surface area contributed by atoms with Crippen LogP contribution in [0.4, 0.5) is 11.4 Å². The van der Waals surface area contributed by atoms with Crippen LogP contribution in [0.15, 0.2) is 24.3 Å². The number of nitro benzene ring substituents is 1. The van der Waals surface area contributed by atoms with E-state index in [1.807, 2.05) is 0 Å². The number of non-ortho nitro benzene ring substituents is 1. The van der Waals surface area contributed by atoms with Crippen LogP contribution in [0, 0.1) is 22.0 Å². The zero-order chi connectivity index (χ0) is 19.1. The number of carbonyl (C=O) groups is 2. The Labute approximate surface area is 153 Å². The van der Waals surface area contributed by atoms with Crippen molar-refractivity contribution in [3.63, 3.8) is 0 Å². The molecule has 0 aromatic heterocycles. The fraction of sp³-hybridized carbons (Fsp3) is 0.579. The summed E-state index contributed by atoms with van der Waals surface area (Å²) in [6, 6.07) is 5.91. The summed E-state index contributed by atoms with van der Waals surface area (Å²) in [5, 5.41) is 16.4. The van der Waals surface area contributed by atoms with Crippen LogP contribution in [0.2, 0.25) is 0 Å². The van der Waals surface area contributed by atoms with Gasteiger partial charge in [-0.2, -0.15) is 0 Å². The summed E-state index contributed by atoms with van der Waals surface area (Å²) in [6.07, 6.45) is 4.43. The zero-order valence-corrected chi connectivity index (χ0v) is 15.4. The molecule has 7 nitrogen and oxygen atoms in total. The molecule has 1 aliphatic carbocycles. The molecule has 0 radical (unpaired) electrons. The molecule has 142 valence electrons. The molecule has 0 spiro atoms. The predicted molar refractivity (Wildman–Crippen MR) is 99.7 cm³/mol. The van der Waals surface area contributed by atoms with Crippen molar-refractivity contribution in [1.82, 2.24) is 5.32 Å². The first-order chi connectivity index (χ1) is 12.4. The highest BCUT2D eigenvalue weighted by molar-refractivity contribution is 5.91. The molecular formula is C19H27N3O4. The summed E-state index contributed by atoms with van der Waals surface area (Å²) in [6.45, 7) is 4.41. The largest absolute Gasteiger partial charge is 0.353 e. The number of nitro groups is 1. The van der Waals surface area contributed by atoms with Crippen LogP contribution >= 0.6 is 0 Å². The van der Waals surface area contributed by atoms with Gasteiger partial charge in [0.15, 0.2) is 0 Å². The number of carbonyl (C=O) groups excluding carboxylic acids is 2. The number of hydrogen-bond acceptors (Lipinski definition) is 4. The number of amides is 2. The lowest BCUT2D eigenvalue weighted by molar-refractivity contribution is -0.384. The number of anilines is 1.